The number of hydrogen-bond donors (Lipinski definition) is 1. The van der Waals surface area contributed by atoms with Gasteiger partial charge in [-0.15, -0.1) is 0 Å². The monoisotopic (exact) mass is 716 g/mol. The summed E-state index contributed by atoms with van der Waals surface area (Å²) >= 11 is 0. The zero-order valence-corrected chi connectivity index (χ0v) is 30.6. The summed E-state index contributed by atoms with van der Waals surface area (Å²) in [5, 5.41) is 3.82. The first-order valence-electron chi connectivity index (χ1n) is 19.3. The molecule has 3 heteroatoms. The minimum absolute atomic E-state index is 0.134. The Bertz CT molecular complexity index is 2830. The van der Waals surface area contributed by atoms with Gasteiger partial charge < -0.3 is 10.1 Å². The topological polar surface area (TPSA) is 33.6 Å². The number of aliphatic imine (C=N–C) groups is 1. The molecular weight excluding hydrogens is 681 g/mol. The van der Waals surface area contributed by atoms with E-state index < -0.39 is 5.41 Å². The Kier molecular flexibility index (Phi) is 7.46. The van der Waals surface area contributed by atoms with Gasteiger partial charge in [0, 0.05) is 27.8 Å². The van der Waals surface area contributed by atoms with Crippen LogP contribution in [0.3, 0.4) is 0 Å². The van der Waals surface area contributed by atoms with Crippen molar-refractivity contribution in [2.24, 2.45) is 4.99 Å². The van der Waals surface area contributed by atoms with E-state index in [4.69, 9.17) is 9.73 Å². The second-order valence-electron chi connectivity index (χ2n) is 14.6. The third-order valence-corrected chi connectivity index (χ3v) is 11.6. The summed E-state index contributed by atoms with van der Waals surface area (Å²) in [6.07, 6.45) is 2.28. The Morgan fingerprint density at radius 3 is 1.64 bits per heavy atom. The number of nitrogens with zero attached hydrogens (tertiary/aromatic N) is 1. The molecule has 1 unspecified atom stereocenters. The number of benzene rings is 8. The molecule has 3 nitrogen and oxygen atoms in total. The number of rotatable bonds is 5. The van der Waals surface area contributed by atoms with E-state index >= 15 is 0 Å². The first kappa shape index (κ1) is 32.2. The number of fused-ring (bicyclic) bond motifs is 9. The van der Waals surface area contributed by atoms with Crippen molar-refractivity contribution in [2.45, 2.75) is 11.5 Å². The summed E-state index contributed by atoms with van der Waals surface area (Å²) in [6, 6.07) is 71.2. The molecule has 11 rings (SSSR count). The number of amidine groups is 1. The molecule has 56 heavy (non-hydrogen) atoms. The summed E-state index contributed by atoms with van der Waals surface area (Å²) in [7, 11) is 0. The molecule has 0 radical (unpaired) electrons. The zero-order chi connectivity index (χ0) is 37.1. The van der Waals surface area contributed by atoms with Crippen molar-refractivity contribution in [3.05, 3.63) is 245 Å². The molecule has 2 heterocycles. The van der Waals surface area contributed by atoms with Crippen LogP contribution >= 0.6 is 0 Å². The highest BCUT2D eigenvalue weighted by atomic mass is 16.5. The van der Waals surface area contributed by atoms with Crippen molar-refractivity contribution in [1.29, 1.82) is 0 Å². The van der Waals surface area contributed by atoms with Crippen LogP contribution < -0.4 is 10.1 Å². The Balaban J connectivity index is 1.13. The predicted molar refractivity (Wildman–Crippen MR) is 228 cm³/mol. The number of ether oxygens (including phenoxy) is 1. The van der Waals surface area contributed by atoms with Crippen molar-refractivity contribution >= 4 is 11.5 Å². The molecule has 0 fully saturated rings. The fraction of sp³-hybridized carbons (Fsp3) is 0.0377. The molecule has 1 aliphatic carbocycles. The Morgan fingerprint density at radius 1 is 0.411 bits per heavy atom. The quantitative estimate of drug-likeness (QED) is 0.192. The molecule has 0 saturated heterocycles. The number of hydrogen-bond acceptors (Lipinski definition) is 3. The van der Waals surface area contributed by atoms with Crippen LogP contribution in [0, 0.1) is 0 Å². The SMILES string of the molecule is C1=C(c2ccccc2-c2cccc3c2Oc2ccccc2C32c3ccccc3-c3ccccc32)N=C(c2ccccc2)NC1c1ccccc1-c1ccccc1. The normalized spacial score (nSPS) is 15.6. The third kappa shape index (κ3) is 4.87. The van der Waals surface area contributed by atoms with Crippen LogP contribution in [0.25, 0.3) is 39.1 Å². The minimum Gasteiger partial charge on any atom is -0.456 e. The van der Waals surface area contributed by atoms with E-state index in [1.807, 2.05) is 6.07 Å². The maximum absolute atomic E-state index is 7.10. The van der Waals surface area contributed by atoms with E-state index in [1.54, 1.807) is 0 Å². The molecule has 1 spiro atoms. The van der Waals surface area contributed by atoms with E-state index in [2.05, 4.69) is 206 Å². The smallest absolute Gasteiger partial charge is 0.140 e. The molecule has 1 atom stereocenters. The Morgan fingerprint density at radius 2 is 0.929 bits per heavy atom. The van der Waals surface area contributed by atoms with Crippen LogP contribution in [0.5, 0.6) is 11.5 Å². The standard InChI is InChI=1S/C53H36N2O/c1-3-18-35(19-4-1)37-22-7-9-26-41(37)48-34-49(55-52(54-48)36-20-5-2-6-21-36)42-27-10-8-23-38(42)43-28-17-32-47-51(43)56-50-33-16-15-31-46(50)53(47)44-29-13-11-24-39(44)40-25-12-14-30-45(40)53/h1-34,48H,(H,54,55). The average Bonchev–Trinajstić information content (AvgIpc) is 3.57. The van der Waals surface area contributed by atoms with Gasteiger partial charge in [-0.05, 0) is 56.6 Å². The molecule has 0 amide bonds. The average molecular weight is 717 g/mol. The van der Waals surface area contributed by atoms with Crippen molar-refractivity contribution in [3.8, 4) is 44.9 Å². The van der Waals surface area contributed by atoms with E-state index in [0.717, 1.165) is 56.4 Å². The van der Waals surface area contributed by atoms with E-state index in [1.165, 1.54) is 38.9 Å². The Hall–Kier alpha value is -7.23. The fourth-order valence-corrected chi connectivity index (χ4v) is 9.28. The molecule has 8 aromatic carbocycles. The van der Waals surface area contributed by atoms with Gasteiger partial charge in [0.2, 0.25) is 0 Å². The molecule has 8 aromatic rings. The van der Waals surface area contributed by atoms with Crippen LogP contribution in [0.1, 0.15) is 45.0 Å². The highest BCUT2D eigenvalue weighted by molar-refractivity contribution is 6.04. The molecule has 2 aliphatic heterocycles. The summed E-state index contributed by atoms with van der Waals surface area (Å²) in [5.74, 6) is 2.58. The number of para-hydroxylation sites is 2. The maximum Gasteiger partial charge on any atom is 0.140 e. The van der Waals surface area contributed by atoms with Crippen molar-refractivity contribution in [2.75, 3.05) is 0 Å². The van der Waals surface area contributed by atoms with E-state index in [0.29, 0.717) is 0 Å². The largest absolute Gasteiger partial charge is 0.456 e. The predicted octanol–water partition coefficient (Wildman–Crippen LogP) is 12.6. The van der Waals surface area contributed by atoms with E-state index in [-0.39, 0.29) is 6.04 Å². The van der Waals surface area contributed by atoms with Crippen molar-refractivity contribution in [1.82, 2.24) is 5.32 Å². The van der Waals surface area contributed by atoms with Gasteiger partial charge in [0.05, 0.1) is 17.2 Å². The van der Waals surface area contributed by atoms with Gasteiger partial charge in [-0.25, -0.2) is 4.99 Å². The van der Waals surface area contributed by atoms with E-state index in [9.17, 15) is 0 Å². The minimum atomic E-state index is -0.540. The van der Waals surface area contributed by atoms with Gasteiger partial charge in [0.15, 0.2) is 0 Å². The zero-order valence-electron chi connectivity index (χ0n) is 30.6. The van der Waals surface area contributed by atoms with Gasteiger partial charge >= 0.3 is 0 Å². The van der Waals surface area contributed by atoms with Crippen molar-refractivity contribution in [3.63, 3.8) is 0 Å². The lowest BCUT2D eigenvalue weighted by molar-refractivity contribution is 0.438. The van der Waals surface area contributed by atoms with Crippen molar-refractivity contribution < 1.29 is 4.74 Å². The molecule has 3 aliphatic rings. The first-order valence-corrected chi connectivity index (χ1v) is 19.3. The summed E-state index contributed by atoms with van der Waals surface area (Å²) in [5.41, 5.74) is 15.5. The maximum atomic E-state index is 7.10. The lowest BCUT2D eigenvalue weighted by Gasteiger charge is -2.40. The first-order chi connectivity index (χ1) is 27.8. The molecule has 0 saturated carbocycles. The van der Waals surface area contributed by atoms with Crippen LogP contribution in [0.4, 0.5) is 0 Å². The summed E-state index contributed by atoms with van der Waals surface area (Å²) in [4.78, 5) is 5.39. The highest BCUT2D eigenvalue weighted by Gasteiger charge is 2.51. The second-order valence-corrected chi connectivity index (χ2v) is 14.6. The molecular formula is C53H36N2O. The molecule has 0 aromatic heterocycles. The van der Waals surface area contributed by atoms with Gasteiger partial charge in [0.25, 0.3) is 0 Å². The molecule has 0 bridgehead atoms. The van der Waals surface area contributed by atoms with Crippen LogP contribution in [0.2, 0.25) is 0 Å². The Labute approximate surface area is 327 Å². The second kappa shape index (κ2) is 13.0. The fourth-order valence-electron chi connectivity index (χ4n) is 9.28. The van der Waals surface area contributed by atoms with Gasteiger partial charge in [-0.2, -0.15) is 0 Å². The lowest BCUT2D eigenvalue weighted by Crippen LogP contribution is -2.32. The molecule has 1 N–H and O–H groups in total. The summed E-state index contributed by atoms with van der Waals surface area (Å²) < 4.78 is 7.10. The highest BCUT2D eigenvalue weighted by Crippen LogP contribution is 2.63. The third-order valence-electron chi connectivity index (χ3n) is 11.6. The van der Waals surface area contributed by atoms with Crippen LogP contribution in [0.15, 0.2) is 211 Å². The molecule has 264 valence electrons. The van der Waals surface area contributed by atoms with Gasteiger partial charge in [0.1, 0.15) is 17.3 Å². The lowest BCUT2D eigenvalue weighted by atomic mass is 9.65. The van der Waals surface area contributed by atoms with Gasteiger partial charge in [-0.1, -0.05) is 194 Å². The number of nitrogens with one attached hydrogen (secondary N) is 1. The van der Waals surface area contributed by atoms with Crippen LogP contribution in [-0.4, -0.2) is 5.84 Å². The summed E-state index contributed by atoms with van der Waals surface area (Å²) in [6.45, 7) is 0. The van der Waals surface area contributed by atoms with Gasteiger partial charge in [-0.3, -0.25) is 0 Å². The van der Waals surface area contributed by atoms with Crippen LogP contribution in [-0.2, 0) is 5.41 Å².